The van der Waals surface area contributed by atoms with Crippen LogP contribution in [0.1, 0.15) is 30.8 Å². The Morgan fingerprint density at radius 3 is 2.52 bits per heavy atom. The van der Waals surface area contributed by atoms with Crippen molar-refractivity contribution >= 4 is 5.69 Å². The summed E-state index contributed by atoms with van der Waals surface area (Å²) in [6, 6.07) is 4.24. The van der Waals surface area contributed by atoms with Crippen LogP contribution >= 0.6 is 0 Å². The number of aromatic nitrogens is 1. The van der Waals surface area contributed by atoms with E-state index in [1.54, 1.807) is 0 Å². The Balaban J connectivity index is 1.85. The predicted octanol–water partition coefficient (Wildman–Crippen LogP) is 2.26. The lowest BCUT2D eigenvalue weighted by atomic mass is 10.1. The third-order valence-electron chi connectivity index (χ3n) is 4.56. The average molecular weight is 315 g/mol. The number of nitrogens with one attached hydrogen (secondary N) is 1. The first-order chi connectivity index (χ1) is 11.0. The molecule has 1 aliphatic rings. The van der Waals surface area contributed by atoms with E-state index >= 15 is 0 Å². The molecule has 126 valence electrons. The van der Waals surface area contributed by atoms with Crippen molar-refractivity contribution in [1.82, 2.24) is 14.8 Å². The summed E-state index contributed by atoms with van der Waals surface area (Å²) in [4.78, 5) is 9.42. The molecule has 5 nitrogen and oxygen atoms in total. The molecule has 1 N–H and O–H groups in total. The van der Waals surface area contributed by atoms with Crippen molar-refractivity contribution in [3.8, 4) is 6.07 Å². The Morgan fingerprint density at radius 2 is 1.91 bits per heavy atom. The number of anilines is 1. The van der Waals surface area contributed by atoms with Gasteiger partial charge in [0.15, 0.2) is 0 Å². The van der Waals surface area contributed by atoms with Gasteiger partial charge in [0.25, 0.3) is 0 Å². The lowest BCUT2D eigenvalue weighted by molar-refractivity contribution is 0.126. The number of aryl methyl sites for hydroxylation is 2. The van der Waals surface area contributed by atoms with Crippen LogP contribution in [0.2, 0.25) is 0 Å². The van der Waals surface area contributed by atoms with Crippen LogP contribution in [-0.4, -0.2) is 60.6 Å². The maximum absolute atomic E-state index is 9.32. The molecule has 0 radical (unpaired) electrons. The number of rotatable bonds is 6. The minimum Gasteiger partial charge on any atom is -0.384 e. The van der Waals surface area contributed by atoms with E-state index in [9.17, 15) is 5.26 Å². The molecule has 1 saturated heterocycles. The van der Waals surface area contributed by atoms with Gasteiger partial charge in [-0.3, -0.25) is 4.98 Å². The monoisotopic (exact) mass is 315 g/mol. The largest absolute Gasteiger partial charge is 0.384 e. The lowest BCUT2D eigenvalue weighted by Gasteiger charge is -2.35. The fourth-order valence-electron chi connectivity index (χ4n) is 3.19. The third-order valence-corrected chi connectivity index (χ3v) is 4.56. The van der Waals surface area contributed by atoms with E-state index in [1.807, 2.05) is 19.9 Å². The smallest absolute Gasteiger partial charge is 0.103 e. The van der Waals surface area contributed by atoms with Crippen LogP contribution in [0.5, 0.6) is 0 Å². The van der Waals surface area contributed by atoms with Gasteiger partial charge in [0.05, 0.1) is 16.9 Å². The third kappa shape index (κ3) is 4.92. The van der Waals surface area contributed by atoms with Crippen molar-refractivity contribution in [3.63, 3.8) is 0 Å². The van der Waals surface area contributed by atoms with Gasteiger partial charge in [-0.15, -0.1) is 0 Å². The van der Waals surface area contributed by atoms with Crippen LogP contribution < -0.4 is 5.32 Å². The molecular weight excluding hydrogens is 286 g/mol. The molecule has 23 heavy (non-hydrogen) atoms. The van der Waals surface area contributed by atoms with Crippen LogP contribution in [0.15, 0.2) is 6.07 Å². The minimum absolute atomic E-state index is 0.545. The van der Waals surface area contributed by atoms with E-state index in [4.69, 9.17) is 0 Å². The number of hydrogen-bond donors (Lipinski definition) is 1. The zero-order valence-corrected chi connectivity index (χ0v) is 14.9. The Hall–Kier alpha value is -1.64. The number of likely N-dealkylation sites (N-methyl/N-ethyl adjacent to an activating group) is 1. The first-order valence-corrected chi connectivity index (χ1v) is 8.60. The highest BCUT2D eigenvalue weighted by Gasteiger charge is 2.17. The number of hydrogen-bond acceptors (Lipinski definition) is 5. The normalized spacial score (nSPS) is 17.7. The van der Waals surface area contributed by atoms with E-state index in [1.165, 1.54) is 13.1 Å². The van der Waals surface area contributed by atoms with Gasteiger partial charge < -0.3 is 15.1 Å². The summed E-state index contributed by atoms with van der Waals surface area (Å²) in [5.74, 6) is 0.545. The molecular formula is C18H29N5. The maximum atomic E-state index is 9.32. The first kappa shape index (κ1) is 17.7. The van der Waals surface area contributed by atoms with Gasteiger partial charge in [-0.1, -0.05) is 13.8 Å². The molecule has 1 fully saturated rings. The van der Waals surface area contributed by atoms with Crippen LogP contribution in [0.3, 0.4) is 0 Å². The topological polar surface area (TPSA) is 55.2 Å². The Bertz CT molecular complexity index is 555. The van der Waals surface area contributed by atoms with Crippen LogP contribution in [0.25, 0.3) is 0 Å². The fraction of sp³-hybridized carbons (Fsp3) is 0.667. The van der Waals surface area contributed by atoms with Gasteiger partial charge in [0, 0.05) is 45.0 Å². The highest BCUT2D eigenvalue weighted by atomic mass is 15.3. The molecule has 1 aromatic heterocycles. The van der Waals surface area contributed by atoms with E-state index < -0.39 is 0 Å². The van der Waals surface area contributed by atoms with Gasteiger partial charge in [-0.05, 0) is 32.4 Å². The predicted molar refractivity (Wildman–Crippen MR) is 94.6 cm³/mol. The summed E-state index contributed by atoms with van der Waals surface area (Å²) in [5.41, 5.74) is 3.34. The van der Waals surface area contributed by atoms with E-state index in [0.29, 0.717) is 11.5 Å². The zero-order valence-electron chi connectivity index (χ0n) is 14.9. The van der Waals surface area contributed by atoms with Crippen LogP contribution in [0.4, 0.5) is 5.69 Å². The molecule has 5 heteroatoms. The van der Waals surface area contributed by atoms with Crippen LogP contribution in [0, 0.1) is 31.1 Å². The molecule has 1 aliphatic heterocycles. The van der Waals surface area contributed by atoms with Crippen molar-refractivity contribution in [3.05, 3.63) is 23.0 Å². The molecule has 1 atom stereocenters. The highest BCUT2D eigenvalue weighted by Crippen LogP contribution is 2.19. The molecule has 0 aliphatic carbocycles. The Morgan fingerprint density at radius 1 is 1.26 bits per heavy atom. The maximum Gasteiger partial charge on any atom is 0.103 e. The number of nitriles is 1. The second kappa shape index (κ2) is 8.28. The summed E-state index contributed by atoms with van der Waals surface area (Å²) in [6.45, 7) is 16.2. The summed E-state index contributed by atoms with van der Waals surface area (Å²) in [5, 5.41) is 12.8. The van der Waals surface area contributed by atoms with Gasteiger partial charge >= 0.3 is 0 Å². The van der Waals surface area contributed by atoms with E-state index in [0.717, 1.165) is 49.8 Å². The SMILES string of the molecule is CCN1CCN(CC(C)CNc2cc(C)nc(C)c2C#N)CC1. The molecule has 2 rings (SSSR count). The highest BCUT2D eigenvalue weighted by molar-refractivity contribution is 5.59. The molecule has 0 aromatic carbocycles. The molecule has 0 bridgehead atoms. The lowest BCUT2D eigenvalue weighted by Crippen LogP contribution is -2.47. The summed E-state index contributed by atoms with van der Waals surface area (Å²) < 4.78 is 0. The van der Waals surface area contributed by atoms with Crippen molar-refractivity contribution in [2.45, 2.75) is 27.7 Å². The van der Waals surface area contributed by atoms with Crippen molar-refractivity contribution < 1.29 is 0 Å². The quantitative estimate of drug-likeness (QED) is 0.872. The van der Waals surface area contributed by atoms with Crippen molar-refractivity contribution in [2.75, 3.05) is 51.1 Å². The number of nitrogens with zero attached hydrogens (tertiary/aromatic N) is 4. The summed E-state index contributed by atoms with van der Waals surface area (Å²) in [6.07, 6.45) is 0. The van der Waals surface area contributed by atoms with E-state index in [2.05, 4.69) is 40.0 Å². The van der Waals surface area contributed by atoms with Gasteiger partial charge in [0.2, 0.25) is 0 Å². The molecule has 2 heterocycles. The second-order valence-corrected chi connectivity index (χ2v) is 6.60. The minimum atomic E-state index is 0.545. The molecule has 0 amide bonds. The number of piperazine rings is 1. The molecule has 0 saturated carbocycles. The van der Waals surface area contributed by atoms with Gasteiger partial charge in [-0.25, -0.2) is 0 Å². The molecule has 1 aromatic rings. The molecule has 0 spiro atoms. The van der Waals surface area contributed by atoms with Crippen molar-refractivity contribution in [1.29, 1.82) is 5.26 Å². The second-order valence-electron chi connectivity index (χ2n) is 6.60. The molecule has 1 unspecified atom stereocenters. The van der Waals surface area contributed by atoms with Gasteiger partial charge in [0.1, 0.15) is 6.07 Å². The fourth-order valence-corrected chi connectivity index (χ4v) is 3.19. The summed E-state index contributed by atoms with van der Waals surface area (Å²) >= 11 is 0. The zero-order chi connectivity index (χ0) is 16.8. The van der Waals surface area contributed by atoms with Crippen molar-refractivity contribution in [2.24, 2.45) is 5.92 Å². The standard InChI is InChI=1S/C18H29N5/c1-5-22-6-8-23(9-7-22)13-14(2)12-20-18-10-15(3)21-16(4)17(18)11-19/h10,14H,5-9,12-13H2,1-4H3,(H,20,21). The average Bonchev–Trinajstić information content (AvgIpc) is 2.53. The van der Waals surface area contributed by atoms with E-state index in [-0.39, 0.29) is 0 Å². The van der Waals surface area contributed by atoms with Crippen LogP contribution in [-0.2, 0) is 0 Å². The van der Waals surface area contributed by atoms with Gasteiger partial charge in [-0.2, -0.15) is 5.26 Å². The number of pyridine rings is 1. The summed E-state index contributed by atoms with van der Waals surface area (Å²) in [7, 11) is 0. The first-order valence-electron chi connectivity index (χ1n) is 8.60. The Labute approximate surface area is 140 Å². The Kier molecular flexibility index (Phi) is 6.37.